The van der Waals surface area contributed by atoms with Gasteiger partial charge in [-0.25, -0.2) is 0 Å². The number of aliphatic hydroxyl groups is 1. The minimum Gasteiger partial charge on any atom is -0.497 e. The maximum atomic E-state index is 10.6. The standard InChI is InChI=1S/C19H31N3O2/c1-3-20-18(22-15-19(23)12-5-4-6-13-19)21-14-11-16-7-9-17(24-2)10-8-16/h7-10,23H,3-6,11-15H2,1-2H3,(H2,20,21,22). The van der Waals surface area contributed by atoms with Gasteiger partial charge in [0.25, 0.3) is 0 Å². The fourth-order valence-electron chi connectivity index (χ4n) is 3.05. The van der Waals surface area contributed by atoms with Gasteiger partial charge >= 0.3 is 0 Å². The summed E-state index contributed by atoms with van der Waals surface area (Å²) in [5, 5.41) is 17.2. The van der Waals surface area contributed by atoms with Crippen LogP contribution < -0.4 is 15.4 Å². The van der Waals surface area contributed by atoms with E-state index < -0.39 is 5.60 Å². The Morgan fingerprint density at radius 3 is 2.50 bits per heavy atom. The molecule has 5 heteroatoms. The van der Waals surface area contributed by atoms with E-state index in [9.17, 15) is 5.11 Å². The lowest BCUT2D eigenvalue weighted by molar-refractivity contribution is 0.0131. The van der Waals surface area contributed by atoms with Crippen LogP contribution in [0.15, 0.2) is 29.3 Å². The smallest absolute Gasteiger partial charge is 0.191 e. The summed E-state index contributed by atoms with van der Waals surface area (Å²) in [6.45, 7) is 4.14. The summed E-state index contributed by atoms with van der Waals surface area (Å²) < 4.78 is 5.17. The van der Waals surface area contributed by atoms with Gasteiger partial charge in [-0.05, 0) is 43.9 Å². The molecule has 0 amide bonds. The highest BCUT2D eigenvalue weighted by atomic mass is 16.5. The number of benzene rings is 1. The second-order valence-electron chi connectivity index (χ2n) is 6.51. The zero-order valence-electron chi connectivity index (χ0n) is 15.0. The summed E-state index contributed by atoms with van der Waals surface area (Å²) in [6, 6.07) is 8.12. The summed E-state index contributed by atoms with van der Waals surface area (Å²) in [5.41, 5.74) is 0.640. The van der Waals surface area contributed by atoms with Crippen LogP contribution in [-0.4, -0.2) is 43.4 Å². The number of ether oxygens (including phenoxy) is 1. The zero-order valence-corrected chi connectivity index (χ0v) is 15.0. The molecule has 0 bridgehead atoms. The van der Waals surface area contributed by atoms with Gasteiger partial charge in [-0.15, -0.1) is 0 Å². The van der Waals surface area contributed by atoms with E-state index in [0.717, 1.165) is 56.9 Å². The van der Waals surface area contributed by atoms with E-state index in [1.54, 1.807) is 7.11 Å². The Morgan fingerprint density at radius 2 is 1.88 bits per heavy atom. The highest BCUT2D eigenvalue weighted by molar-refractivity contribution is 5.79. The second-order valence-corrected chi connectivity index (χ2v) is 6.51. The minimum absolute atomic E-state index is 0.477. The SMILES string of the molecule is CCNC(=NCC1(O)CCCCC1)NCCc1ccc(OC)cc1. The van der Waals surface area contributed by atoms with E-state index in [1.165, 1.54) is 12.0 Å². The van der Waals surface area contributed by atoms with E-state index in [-0.39, 0.29) is 0 Å². The average molecular weight is 333 g/mol. The molecule has 1 fully saturated rings. The maximum absolute atomic E-state index is 10.6. The molecule has 1 aliphatic carbocycles. The summed E-state index contributed by atoms with van der Waals surface area (Å²) in [5.74, 6) is 1.66. The molecule has 5 nitrogen and oxygen atoms in total. The normalized spacial score (nSPS) is 17.4. The molecule has 3 N–H and O–H groups in total. The van der Waals surface area contributed by atoms with Gasteiger partial charge in [-0.2, -0.15) is 0 Å². The van der Waals surface area contributed by atoms with Gasteiger partial charge in [-0.1, -0.05) is 31.4 Å². The molecule has 0 spiro atoms. The van der Waals surface area contributed by atoms with Gasteiger partial charge in [-0.3, -0.25) is 4.99 Å². The molecule has 2 rings (SSSR count). The Labute approximate surface area is 145 Å². The lowest BCUT2D eigenvalue weighted by atomic mass is 9.85. The molecular weight excluding hydrogens is 302 g/mol. The Bertz CT molecular complexity index is 508. The van der Waals surface area contributed by atoms with Crippen LogP contribution in [0.1, 0.15) is 44.6 Å². The zero-order chi connectivity index (χ0) is 17.3. The molecule has 0 radical (unpaired) electrons. The third-order valence-electron chi connectivity index (χ3n) is 4.53. The Hall–Kier alpha value is -1.75. The highest BCUT2D eigenvalue weighted by Gasteiger charge is 2.28. The van der Waals surface area contributed by atoms with Gasteiger partial charge in [0, 0.05) is 13.1 Å². The fraction of sp³-hybridized carbons (Fsp3) is 0.632. The average Bonchev–Trinajstić information content (AvgIpc) is 2.61. The predicted octanol–water partition coefficient (Wildman–Crippen LogP) is 2.49. The number of nitrogens with zero attached hydrogens (tertiary/aromatic N) is 1. The molecular formula is C19H31N3O2. The quantitative estimate of drug-likeness (QED) is 0.530. The van der Waals surface area contributed by atoms with Crippen LogP contribution in [0.5, 0.6) is 5.75 Å². The Kier molecular flexibility index (Phi) is 7.37. The summed E-state index contributed by atoms with van der Waals surface area (Å²) in [7, 11) is 1.68. The van der Waals surface area contributed by atoms with Crippen molar-refractivity contribution in [3.05, 3.63) is 29.8 Å². The first kappa shape index (κ1) is 18.6. The molecule has 0 unspecified atom stereocenters. The van der Waals surface area contributed by atoms with Crippen molar-refractivity contribution in [2.75, 3.05) is 26.7 Å². The first-order valence-electron chi connectivity index (χ1n) is 9.03. The lowest BCUT2D eigenvalue weighted by Gasteiger charge is -2.30. The summed E-state index contributed by atoms with van der Waals surface area (Å²) in [4.78, 5) is 4.59. The number of nitrogens with one attached hydrogen (secondary N) is 2. The van der Waals surface area contributed by atoms with Crippen molar-refractivity contribution >= 4 is 5.96 Å². The Morgan fingerprint density at radius 1 is 1.17 bits per heavy atom. The summed E-state index contributed by atoms with van der Waals surface area (Å²) in [6.07, 6.45) is 6.08. The van der Waals surface area contributed by atoms with Crippen molar-refractivity contribution < 1.29 is 9.84 Å². The van der Waals surface area contributed by atoms with Crippen LogP contribution >= 0.6 is 0 Å². The molecule has 0 aliphatic heterocycles. The third-order valence-corrected chi connectivity index (χ3v) is 4.53. The third kappa shape index (κ3) is 6.04. The largest absolute Gasteiger partial charge is 0.497 e. The predicted molar refractivity (Wildman–Crippen MR) is 98.7 cm³/mol. The molecule has 1 aromatic carbocycles. The van der Waals surface area contributed by atoms with E-state index in [1.807, 2.05) is 12.1 Å². The molecule has 0 aromatic heterocycles. The van der Waals surface area contributed by atoms with E-state index in [4.69, 9.17) is 4.74 Å². The maximum Gasteiger partial charge on any atom is 0.191 e. The number of guanidine groups is 1. The van der Waals surface area contributed by atoms with E-state index in [2.05, 4.69) is 34.7 Å². The topological polar surface area (TPSA) is 65.9 Å². The number of methoxy groups -OCH3 is 1. The lowest BCUT2D eigenvalue weighted by Crippen LogP contribution is -2.41. The molecule has 1 aromatic rings. The Balaban J connectivity index is 1.82. The molecule has 24 heavy (non-hydrogen) atoms. The summed E-state index contributed by atoms with van der Waals surface area (Å²) >= 11 is 0. The van der Waals surface area contributed by atoms with Gasteiger partial charge in [0.05, 0.1) is 19.3 Å². The molecule has 0 atom stereocenters. The molecule has 0 heterocycles. The van der Waals surface area contributed by atoms with Crippen molar-refractivity contribution in [1.29, 1.82) is 0 Å². The monoisotopic (exact) mass is 333 g/mol. The van der Waals surface area contributed by atoms with E-state index >= 15 is 0 Å². The van der Waals surface area contributed by atoms with Gasteiger partial charge in [0.1, 0.15) is 5.75 Å². The van der Waals surface area contributed by atoms with Crippen molar-refractivity contribution in [2.24, 2.45) is 4.99 Å². The number of rotatable bonds is 7. The molecule has 1 aliphatic rings. The van der Waals surface area contributed by atoms with Crippen LogP contribution in [0.4, 0.5) is 0 Å². The van der Waals surface area contributed by atoms with Crippen LogP contribution in [-0.2, 0) is 6.42 Å². The number of aliphatic imine (C=N–C) groups is 1. The number of hydrogen-bond acceptors (Lipinski definition) is 3. The van der Waals surface area contributed by atoms with Crippen molar-refractivity contribution in [1.82, 2.24) is 10.6 Å². The first-order chi connectivity index (χ1) is 11.6. The van der Waals surface area contributed by atoms with Crippen LogP contribution in [0.2, 0.25) is 0 Å². The number of hydrogen-bond donors (Lipinski definition) is 3. The van der Waals surface area contributed by atoms with Crippen LogP contribution in [0.25, 0.3) is 0 Å². The van der Waals surface area contributed by atoms with Gasteiger partial charge < -0.3 is 20.5 Å². The molecule has 1 saturated carbocycles. The second kappa shape index (κ2) is 9.52. The van der Waals surface area contributed by atoms with Crippen molar-refractivity contribution in [3.8, 4) is 5.75 Å². The highest BCUT2D eigenvalue weighted by Crippen LogP contribution is 2.28. The van der Waals surface area contributed by atoms with Crippen molar-refractivity contribution in [3.63, 3.8) is 0 Å². The van der Waals surface area contributed by atoms with E-state index in [0.29, 0.717) is 6.54 Å². The van der Waals surface area contributed by atoms with Crippen LogP contribution in [0.3, 0.4) is 0 Å². The minimum atomic E-state index is -0.614. The fourth-order valence-corrected chi connectivity index (χ4v) is 3.05. The molecule has 0 saturated heterocycles. The van der Waals surface area contributed by atoms with Gasteiger partial charge in [0.2, 0.25) is 0 Å². The van der Waals surface area contributed by atoms with Crippen LogP contribution in [0, 0.1) is 0 Å². The first-order valence-corrected chi connectivity index (χ1v) is 9.03. The van der Waals surface area contributed by atoms with Gasteiger partial charge in [0.15, 0.2) is 5.96 Å². The molecule has 134 valence electrons. The van der Waals surface area contributed by atoms with Crippen molar-refractivity contribution in [2.45, 2.75) is 51.0 Å².